The van der Waals surface area contributed by atoms with Gasteiger partial charge in [0.15, 0.2) is 5.58 Å². The van der Waals surface area contributed by atoms with E-state index in [1.807, 2.05) is 12.3 Å². The van der Waals surface area contributed by atoms with Crippen LogP contribution in [-0.4, -0.2) is 4.98 Å². The molecule has 0 saturated carbocycles. The number of rotatable bonds is 7. The molecule has 0 aliphatic heterocycles. The molecule has 0 N–H and O–H groups in total. The van der Waals surface area contributed by atoms with Gasteiger partial charge in [0, 0.05) is 34.0 Å². The maximum atomic E-state index is 6.02. The van der Waals surface area contributed by atoms with Crippen molar-refractivity contribution in [3.63, 3.8) is 0 Å². The number of hydrogen-bond acceptors (Lipinski definition) is 3. The van der Waals surface area contributed by atoms with E-state index in [2.05, 4.69) is 186 Å². The van der Waals surface area contributed by atoms with Crippen LogP contribution in [0, 0.1) is 0 Å². The van der Waals surface area contributed by atoms with Crippen LogP contribution in [0.15, 0.2) is 199 Å². The minimum absolute atomic E-state index is 0.807. The van der Waals surface area contributed by atoms with E-state index in [1.165, 1.54) is 27.8 Å². The van der Waals surface area contributed by atoms with Crippen molar-refractivity contribution in [2.45, 2.75) is 0 Å². The van der Waals surface area contributed by atoms with E-state index < -0.39 is 0 Å². The number of pyridine rings is 1. The average Bonchev–Trinajstić information content (AvgIpc) is 3.58. The summed E-state index contributed by atoms with van der Waals surface area (Å²) in [6.45, 7) is 0. The van der Waals surface area contributed by atoms with E-state index >= 15 is 0 Å². The number of hydrogen-bond donors (Lipinski definition) is 0. The van der Waals surface area contributed by atoms with Gasteiger partial charge in [-0.2, -0.15) is 0 Å². The molecular weight excluding hydrogens is 609 g/mol. The van der Waals surface area contributed by atoms with Crippen molar-refractivity contribution in [3.05, 3.63) is 194 Å². The zero-order valence-corrected chi connectivity index (χ0v) is 27.3. The molecule has 0 aliphatic carbocycles. The highest BCUT2D eigenvalue weighted by atomic mass is 16.3. The third kappa shape index (κ3) is 5.61. The fraction of sp³-hybridized carbons (Fsp3) is 0. The normalized spacial score (nSPS) is 11.2. The number of nitrogens with zero attached hydrogens (tertiary/aromatic N) is 2. The third-order valence-corrected chi connectivity index (χ3v) is 9.39. The van der Waals surface area contributed by atoms with Crippen molar-refractivity contribution in [2.75, 3.05) is 4.90 Å². The van der Waals surface area contributed by atoms with Crippen LogP contribution in [0.5, 0.6) is 0 Å². The number of aromatic nitrogens is 1. The van der Waals surface area contributed by atoms with Crippen LogP contribution in [0.3, 0.4) is 0 Å². The highest BCUT2D eigenvalue weighted by Gasteiger charge is 2.14. The summed E-state index contributed by atoms with van der Waals surface area (Å²) in [5, 5.41) is 2.18. The van der Waals surface area contributed by atoms with Gasteiger partial charge in [0.2, 0.25) is 0 Å². The zero-order chi connectivity index (χ0) is 33.3. The predicted molar refractivity (Wildman–Crippen MR) is 208 cm³/mol. The summed E-state index contributed by atoms with van der Waals surface area (Å²) in [5.41, 5.74) is 14.4. The minimum Gasteiger partial charge on any atom is -0.454 e. The average molecular weight is 641 g/mol. The van der Waals surface area contributed by atoms with Crippen LogP contribution >= 0.6 is 0 Å². The SMILES string of the molecule is c1ccc(-c2ccc(N(c3ccc(-c4ccccc4)cc3)c3ccc(-c4cccc(-c5ccc6oc7cnccc7c6c5)c4)cc3)cc2)cc1. The summed E-state index contributed by atoms with van der Waals surface area (Å²) in [6.07, 6.45) is 3.59. The van der Waals surface area contributed by atoms with Crippen molar-refractivity contribution in [1.29, 1.82) is 0 Å². The molecule has 0 fully saturated rings. The molecule has 0 unspecified atom stereocenters. The first-order valence-corrected chi connectivity index (χ1v) is 16.9. The zero-order valence-electron chi connectivity index (χ0n) is 27.3. The first-order chi connectivity index (χ1) is 24.8. The number of benzene rings is 7. The van der Waals surface area contributed by atoms with E-state index in [-0.39, 0.29) is 0 Å². The van der Waals surface area contributed by atoms with Gasteiger partial charge in [0.05, 0.1) is 6.20 Å². The summed E-state index contributed by atoms with van der Waals surface area (Å²) in [5.74, 6) is 0. The van der Waals surface area contributed by atoms with Crippen LogP contribution in [-0.2, 0) is 0 Å². The van der Waals surface area contributed by atoms with Crippen LogP contribution in [0.1, 0.15) is 0 Å². The third-order valence-electron chi connectivity index (χ3n) is 9.39. The molecule has 0 saturated heterocycles. The molecule has 0 bridgehead atoms. The van der Waals surface area contributed by atoms with E-state index in [0.717, 1.165) is 55.7 Å². The maximum absolute atomic E-state index is 6.02. The molecule has 0 atom stereocenters. The van der Waals surface area contributed by atoms with Gasteiger partial charge in [-0.3, -0.25) is 4.98 Å². The Morgan fingerprint density at radius 2 is 0.780 bits per heavy atom. The lowest BCUT2D eigenvalue weighted by molar-refractivity contribution is 0.667. The lowest BCUT2D eigenvalue weighted by Gasteiger charge is -2.26. The Hall–Kier alpha value is -6.71. The quantitative estimate of drug-likeness (QED) is 0.174. The molecule has 0 radical (unpaired) electrons. The second-order valence-corrected chi connectivity index (χ2v) is 12.5. The van der Waals surface area contributed by atoms with Crippen LogP contribution in [0.25, 0.3) is 66.4 Å². The summed E-state index contributed by atoms with van der Waals surface area (Å²) < 4.78 is 6.02. The predicted octanol–water partition coefficient (Wildman–Crippen LogP) is 13.1. The smallest absolute Gasteiger partial charge is 0.153 e. The van der Waals surface area contributed by atoms with E-state index in [1.54, 1.807) is 6.20 Å². The van der Waals surface area contributed by atoms with Gasteiger partial charge in [-0.1, -0.05) is 121 Å². The van der Waals surface area contributed by atoms with Crippen molar-refractivity contribution in [3.8, 4) is 44.5 Å². The van der Waals surface area contributed by atoms with E-state index in [9.17, 15) is 0 Å². The Balaban J connectivity index is 1.06. The largest absolute Gasteiger partial charge is 0.454 e. The van der Waals surface area contributed by atoms with E-state index in [0.29, 0.717) is 0 Å². The summed E-state index contributed by atoms with van der Waals surface area (Å²) >= 11 is 0. The molecule has 2 aromatic heterocycles. The van der Waals surface area contributed by atoms with E-state index in [4.69, 9.17) is 4.42 Å². The first-order valence-electron chi connectivity index (χ1n) is 16.9. The second kappa shape index (κ2) is 12.7. The molecule has 2 heterocycles. The summed E-state index contributed by atoms with van der Waals surface area (Å²) in [4.78, 5) is 6.54. The van der Waals surface area contributed by atoms with Crippen molar-refractivity contribution >= 4 is 39.0 Å². The molecule has 7 aromatic carbocycles. The van der Waals surface area contributed by atoms with Gasteiger partial charge >= 0.3 is 0 Å². The Morgan fingerprint density at radius 1 is 0.340 bits per heavy atom. The number of fused-ring (bicyclic) bond motifs is 3. The second-order valence-electron chi connectivity index (χ2n) is 12.5. The fourth-order valence-electron chi connectivity index (χ4n) is 6.81. The van der Waals surface area contributed by atoms with Gasteiger partial charge in [0.1, 0.15) is 5.58 Å². The maximum Gasteiger partial charge on any atom is 0.153 e. The number of furan rings is 1. The van der Waals surface area contributed by atoms with Crippen molar-refractivity contribution < 1.29 is 4.42 Å². The van der Waals surface area contributed by atoms with Gasteiger partial charge in [-0.15, -0.1) is 0 Å². The van der Waals surface area contributed by atoms with Crippen LogP contribution in [0.4, 0.5) is 17.1 Å². The Labute approximate surface area is 291 Å². The Kier molecular flexibility index (Phi) is 7.49. The molecule has 9 rings (SSSR count). The number of anilines is 3. The van der Waals surface area contributed by atoms with Gasteiger partial charge in [-0.05, 0) is 105 Å². The fourth-order valence-corrected chi connectivity index (χ4v) is 6.81. The first kappa shape index (κ1) is 29.4. The monoisotopic (exact) mass is 640 g/mol. The molecule has 9 aromatic rings. The molecule has 50 heavy (non-hydrogen) atoms. The molecule has 0 aliphatic rings. The standard InChI is InChI=1S/C47H32N2O/c1-3-8-33(9-4-1)35-14-21-41(22-15-35)49(42-23-16-36(17-24-42)34-10-5-2-6-11-34)43-25-18-37(19-26-43)38-12-7-13-39(30-38)40-20-27-46-45(31-40)44-28-29-48-32-47(44)50-46/h1-32H. The summed E-state index contributed by atoms with van der Waals surface area (Å²) in [6, 6.07) is 64.7. The van der Waals surface area contributed by atoms with Crippen molar-refractivity contribution in [1.82, 2.24) is 4.98 Å². The Morgan fingerprint density at radius 3 is 1.34 bits per heavy atom. The van der Waals surface area contributed by atoms with Gasteiger partial charge < -0.3 is 9.32 Å². The minimum atomic E-state index is 0.807. The molecule has 236 valence electrons. The summed E-state index contributed by atoms with van der Waals surface area (Å²) in [7, 11) is 0. The van der Waals surface area contributed by atoms with Crippen molar-refractivity contribution in [2.24, 2.45) is 0 Å². The lowest BCUT2D eigenvalue weighted by atomic mass is 9.97. The van der Waals surface area contributed by atoms with Gasteiger partial charge in [0.25, 0.3) is 0 Å². The topological polar surface area (TPSA) is 29.3 Å². The lowest BCUT2D eigenvalue weighted by Crippen LogP contribution is -2.09. The highest BCUT2D eigenvalue weighted by Crippen LogP contribution is 2.38. The molecule has 3 nitrogen and oxygen atoms in total. The molecular formula is C47H32N2O. The molecule has 0 amide bonds. The highest BCUT2D eigenvalue weighted by molar-refractivity contribution is 6.06. The van der Waals surface area contributed by atoms with Crippen LogP contribution < -0.4 is 4.90 Å². The molecule has 0 spiro atoms. The van der Waals surface area contributed by atoms with Crippen LogP contribution in [0.2, 0.25) is 0 Å². The van der Waals surface area contributed by atoms with Gasteiger partial charge in [-0.25, -0.2) is 0 Å². The Bertz CT molecular complexity index is 2470. The molecule has 3 heteroatoms.